The highest BCUT2D eigenvalue weighted by Gasteiger charge is 2.42. The van der Waals surface area contributed by atoms with Gasteiger partial charge in [-0.2, -0.15) is 0 Å². The maximum atomic E-state index is 13.3. The minimum atomic E-state index is -0.684. The number of allylic oxidation sites excluding steroid dienone is 1. The Morgan fingerprint density at radius 1 is 0.773 bits per heavy atom. The number of carbonyl (C=O) groups excluding carboxylic acids is 4. The van der Waals surface area contributed by atoms with Gasteiger partial charge in [-0.1, -0.05) is 152 Å². The van der Waals surface area contributed by atoms with E-state index in [2.05, 4.69) is 151 Å². The first-order valence-electron chi connectivity index (χ1n) is 28.2. The maximum Gasteiger partial charge on any atom is 0.329 e. The normalized spacial score (nSPS) is 16.4. The van der Waals surface area contributed by atoms with Gasteiger partial charge in [0, 0.05) is 66.4 Å². The number of aliphatic hydroxyl groups excluding tert-OH is 1. The molecule has 4 rings (SSSR count). The highest BCUT2D eigenvalue weighted by Crippen LogP contribution is 2.41. The SMILES string of the molecule is CC.CC.CC(C)(C)N[C@@H](CC1=CCC=N1)C(=O)N1CCC[C@H]1C(=O)C(C)(C)C.CC(C)C[C@H](NC(=O)[C@H](CO)CC(C)(C)C)C(=O)OC(C)(C)C.CN(c1ccc(C(c2ccccc2)C(C)(C)C)cc1)C(C)(C)C. The van der Waals surface area contributed by atoms with E-state index in [1.54, 1.807) is 25.7 Å². The van der Waals surface area contributed by atoms with Gasteiger partial charge in [0.05, 0.1) is 24.6 Å². The fourth-order valence-electron chi connectivity index (χ4n) is 8.93. The van der Waals surface area contributed by atoms with Crippen molar-refractivity contribution in [2.75, 3.05) is 25.1 Å². The number of Topliss-reactive ketones (excluding diaryl/α,β-unsaturated/α-hetero) is 1. The molecule has 75 heavy (non-hydrogen) atoms. The third-order valence-electron chi connectivity index (χ3n) is 12.4. The quantitative estimate of drug-likeness (QED) is 0.150. The van der Waals surface area contributed by atoms with Crippen LogP contribution in [0.1, 0.15) is 222 Å². The van der Waals surface area contributed by atoms with Gasteiger partial charge in [0.1, 0.15) is 11.6 Å². The van der Waals surface area contributed by atoms with Crippen molar-refractivity contribution in [2.45, 2.75) is 245 Å². The number of esters is 1. The molecule has 0 radical (unpaired) electrons. The summed E-state index contributed by atoms with van der Waals surface area (Å²) in [5.41, 5.74) is 4.00. The van der Waals surface area contributed by atoms with Crippen LogP contribution in [0.2, 0.25) is 0 Å². The van der Waals surface area contributed by atoms with Crippen LogP contribution < -0.4 is 15.5 Å². The molecule has 2 heterocycles. The number of aliphatic hydroxyl groups is 1. The molecule has 2 aliphatic heterocycles. The Balaban J connectivity index is 0.00000106. The Morgan fingerprint density at radius 3 is 1.72 bits per heavy atom. The zero-order chi connectivity index (χ0) is 58.5. The van der Waals surface area contributed by atoms with Crippen molar-refractivity contribution < 1.29 is 29.0 Å². The summed E-state index contributed by atoms with van der Waals surface area (Å²) in [5.74, 6) is -0.414. The van der Waals surface area contributed by atoms with Gasteiger partial charge in [0.2, 0.25) is 11.8 Å². The Morgan fingerprint density at radius 2 is 1.31 bits per heavy atom. The van der Waals surface area contributed by atoms with E-state index in [0.717, 1.165) is 25.0 Å². The lowest BCUT2D eigenvalue weighted by molar-refractivity contribution is -0.159. The molecular weight excluding hydrogens is 935 g/mol. The van der Waals surface area contributed by atoms with Crippen molar-refractivity contribution in [2.24, 2.45) is 33.1 Å². The summed E-state index contributed by atoms with van der Waals surface area (Å²) >= 11 is 0. The second kappa shape index (κ2) is 31.2. The van der Waals surface area contributed by atoms with Crippen molar-refractivity contribution in [3.8, 4) is 0 Å². The molecule has 1 fully saturated rings. The fourth-order valence-corrected chi connectivity index (χ4v) is 8.93. The van der Waals surface area contributed by atoms with E-state index in [0.29, 0.717) is 31.7 Å². The molecule has 428 valence electrons. The van der Waals surface area contributed by atoms with Crippen molar-refractivity contribution in [3.63, 3.8) is 0 Å². The van der Waals surface area contributed by atoms with Crippen LogP contribution in [0.15, 0.2) is 71.4 Å². The number of nitrogens with one attached hydrogen (secondary N) is 2. The number of ether oxygens (including phenoxy) is 1. The molecule has 2 aromatic carbocycles. The van der Waals surface area contributed by atoms with Gasteiger partial charge in [-0.3, -0.25) is 19.4 Å². The van der Waals surface area contributed by atoms with Gasteiger partial charge >= 0.3 is 5.97 Å². The summed E-state index contributed by atoms with van der Waals surface area (Å²) in [6.07, 6.45) is 8.06. The van der Waals surface area contributed by atoms with E-state index in [-0.39, 0.29) is 64.1 Å². The average Bonchev–Trinajstić information content (AvgIpc) is 4.00. The van der Waals surface area contributed by atoms with Crippen LogP contribution in [0.5, 0.6) is 0 Å². The van der Waals surface area contributed by atoms with Crippen molar-refractivity contribution >= 4 is 35.5 Å². The molecule has 11 nitrogen and oxygen atoms in total. The van der Waals surface area contributed by atoms with Crippen LogP contribution in [-0.2, 0) is 23.9 Å². The fraction of sp³-hybridized carbons (Fsp3) is 0.703. The molecule has 3 N–H and O–H groups in total. The summed E-state index contributed by atoms with van der Waals surface area (Å²) in [4.78, 5) is 59.3. The third kappa shape index (κ3) is 26.5. The molecule has 0 aliphatic carbocycles. The van der Waals surface area contributed by atoms with E-state index < -0.39 is 28.9 Å². The number of amides is 2. The van der Waals surface area contributed by atoms with E-state index in [1.807, 2.05) is 89.3 Å². The number of likely N-dealkylation sites (tertiary alicyclic amines) is 1. The summed E-state index contributed by atoms with van der Waals surface area (Å²) in [5, 5.41) is 15.7. The van der Waals surface area contributed by atoms with Gasteiger partial charge < -0.3 is 30.3 Å². The predicted molar refractivity (Wildman–Crippen MR) is 319 cm³/mol. The molecule has 11 heteroatoms. The Hall–Kier alpha value is -4.35. The van der Waals surface area contributed by atoms with Crippen LogP contribution in [0.4, 0.5) is 5.69 Å². The highest BCUT2D eigenvalue weighted by molar-refractivity contribution is 5.94. The number of carbonyl (C=O) groups is 4. The number of hydrogen-bond acceptors (Lipinski definition) is 9. The number of aliphatic imine (C=N–C) groups is 1. The van der Waals surface area contributed by atoms with Gasteiger partial charge in [-0.05, 0) is 128 Å². The molecule has 0 saturated carbocycles. The number of nitrogens with zero attached hydrogens (tertiary/aromatic N) is 3. The third-order valence-corrected chi connectivity index (χ3v) is 12.4. The van der Waals surface area contributed by atoms with Gasteiger partial charge in [0.25, 0.3) is 0 Å². The summed E-state index contributed by atoms with van der Waals surface area (Å²) in [7, 11) is 2.16. The van der Waals surface area contributed by atoms with Gasteiger partial charge in [0.15, 0.2) is 5.78 Å². The van der Waals surface area contributed by atoms with Gasteiger partial charge in [-0.25, -0.2) is 4.79 Å². The number of anilines is 1. The van der Waals surface area contributed by atoms with E-state index in [4.69, 9.17) is 4.74 Å². The molecular formula is C64H111N5O6. The number of rotatable bonds is 15. The van der Waals surface area contributed by atoms with E-state index in [1.165, 1.54) is 16.8 Å². The monoisotopic (exact) mass is 1050 g/mol. The summed E-state index contributed by atoms with van der Waals surface area (Å²) in [6.45, 7) is 49.5. The highest BCUT2D eigenvalue weighted by atomic mass is 16.6. The lowest BCUT2D eigenvalue weighted by Crippen LogP contribution is -2.55. The van der Waals surface area contributed by atoms with Crippen LogP contribution in [0.25, 0.3) is 0 Å². The first kappa shape index (κ1) is 70.7. The molecule has 2 aliphatic rings. The smallest absolute Gasteiger partial charge is 0.329 e. The first-order valence-corrected chi connectivity index (χ1v) is 28.2. The molecule has 0 spiro atoms. The standard InChI is InChI=1S/C22H31N.C20H33N3O2.C18H35NO4.2C2H6/c1-21(2,3)20(17-11-9-8-10-12-17)18-13-15-19(16-14-18)23(7)22(4,5)6;1-19(2,3)17(24)16-10-8-12-23(16)18(25)15(22-20(4,5)6)13-14-9-7-11-21-14;1-12(2)9-14(16(22)23-18(6,7)8)19-15(21)13(11-20)10-17(3,4)5;2*1-2/h8-16,20H,1-7H3;9,11,15-16,22H,7-8,10,12-13H2,1-6H3;12-14,20H,9-11H2,1-8H3,(H,19,21);2*1-2H3/t;15-,16-;13-,14-;;/m.00../s1. The second-order valence-electron chi connectivity index (χ2n) is 26.6. The molecule has 0 aromatic heterocycles. The van der Waals surface area contributed by atoms with Gasteiger partial charge in [-0.15, -0.1) is 0 Å². The number of hydrogen-bond donors (Lipinski definition) is 3. The molecule has 0 bridgehead atoms. The van der Waals surface area contributed by atoms with Crippen LogP contribution in [0, 0.1) is 28.1 Å². The van der Waals surface area contributed by atoms with Crippen LogP contribution in [-0.4, -0.2) is 94.8 Å². The lowest BCUT2D eigenvalue weighted by Gasteiger charge is -2.35. The molecule has 5 atom stereocenters. The van der Waals surface area contributed by atoms with E-state index >= 15 is 0 Å². The molecule has 2 aromatic rings. The summed E-state index contributed by atoms with van der Waals surface area (Å²) in [6, 6.07) is 18.6. The zero-order valence-corrected chi connectivity index (χ0v) is 52.3. The number of benzene rings is 2. The topological polar surface area (TPSA) is 141 Å². The number of ketones is 1. The predicted octanol–water partition coefficient (Wildman–Crippen LogP) is 14.2. The molecule has 2 amide bonds. The Kier molecular flexibility index (Phi) is 29.3. The van der Waals surface area contributed by atoms with Crippen molar-refractivity contribution in [1.82, 2.24) is 15.5 Å². The molecule has 1 saturated heterocycles. The van der Waals surface area contributed by atoms with E-state index in [9.17, 15) is 24.3 Å². The minimum Gasteiger partial charge on any atom is -0.458 e. The Labute approximate surface area is 459 Å². The van der Waals surface area contributed by atoms with Crippen LogP contribution in [0.3, 0.4) is 0 Å². The average molecular weight is 1050 g/mol. The Bertz CT molecular complexity index is 2050. The second-order valence-corrected chi connectivity index (χ2v) is 26.6. The minimum absolute atomic E-state index is 0.0259. The largest absolute Gasteiger partial charge is 0.458 e. The first-order chi connectivity index (χ1) is 34.3. The lowest BCUT2D eigenvalue weighted by atomic mass is 9.72. The maximum absolute atomic E-state index is 13.3. The summed E-state index contributed by atoms with van der Waals surface area (Å²) < 4.78 is 5.40. The molecule has 1 unspecified atom stereocenters. The zero-order valence-electron chi connectivity index (χ0n) is 52.3. The van der Waals surface area contributed by atoms with Crippen molar-refractivity contribution in [1.29, 1.82) is 0 Å². The van der Waals surface area contributed by atoms with Crippen molar-refractivity contribution in [3.05, 3.63) is 77.5 Å². The van der Waals surface area contributed by atoms with Crippen LogP contribution >= 0.6 is 0 Å².